The molecule has 2 N–H and O–H groups in total. The number of anilines is 1. The zero-order valence-corrected chi connectivity index (χ0v) is 13.8. The molecule has 2 aromatic carbocycles. The maximum Gasteiger partial charge on any atom is 0.198 e. The van der Waals surface area contributed by atoms with E-state index in [0.717, 1.165) is 5.69 Å². The largest absolute Gasteiger partial charge is 0.398 e. The molecule has 1 heterocycles. The standard InChI is InChI=1S/C16H12ClN3O.C2H6/c17-12-6-7-15(18)14(8-12)16(21)11-9-19-20(10-11)13-4-2-1-3-5-13;1-2/h1-10H,18H2;1-2H3. The fourth-order valence-corrected chi connectivity index (χ4v) is 2.21. The summed E-state index contributed by atoms with van der Waals surface area (Å²) in [5.41, 5.74) is 7.97. The highest BCUT2D eigenvalue weighted by Crippen LogP contribution is 2.21. The number of nitrogen functional groups attached to an aromatic ring is 1. The molecule has 0 spiro atoms. The number of halogens is 1. The van der Waals surface area contributed by atoms with E-state index >= 15 is 0 Å². The van der Waals surface area contributed by atoms with Gasteiger partial charge in [-0.05, 0) is 30.3 Å². The molecule has 0 amide bonds. The third-order valence-electron chi connectivity index (χ3n) is 3.13. The van der Waals surface area contributed by atoms with Gasteiger partial charge in [-0.1, -0.05) is 43.6 Å². The summed E-state index contributed by atoms with van der Waals surface area (Å²) in [5, 5.41) is 4.68. The first-order valence-corrected chi connectivity index (χ1v) is 7.73. The van der Waals surface area contributed by atoms with Gasteiger partial charge in [0.1, 0.15) is 0 Å². The summed E-state index contributed by atoms with van der Waals surface area (Å²) >= 11 is 5.92. The number of ketones is 1. The van der Waals surface area contributed by atoms with Gasteiger partial charge in [-0.25, -0.2) is 4.68 Å². The molecule has 0 aliphatic rings. The van der Waals surface area contributed by atoms with Gasteiger partial charge in [-0.15, -0.1) is 0 Å². The second-order valence-electron chi connectivity index (χ2n) is 4.57. The van der Waals surface area contributed by atoms with Crippen LogP contribution in [0.3, 0.4) is 0 Å². The highest BCUT2D eigenvalue weighted by molar-refractivity contribution is 6.31. The predicted octanol–water partition coefficient (Wildman–Crippen LogP) is 4.37. The zero-order valence-electron chi connectivity index (χ0n) is 13.0. The van der Waals surface area contributed by atoms with E-state index in [1.807, 2.05) is 44.2 Å². The minimum atomic E-state index is -0.197. The second kappa shape index (κ2) is 7.61. The number of carbonyl (C=O) groups is 1. The summed E-state index contributed by atoms with van der Waals surface area (Å²) in [5.74, 6) is -0.197. The van der Waals surface area contributed by atoms with Gasteiger partial charge < -0.3 is 5.73 Å². The minimum Gasteiger partial charge on any atom is -0.398 e. The minimum absolute atomic E-state index is 0.197. The van der Waals surface area contributed by atoms with E-state index in [1.54, 1.807) is 29.1 Å². The number of hydrogen-bond acceptors (Lipinski definition) is 3. The Morgan fingerprint density at radius 3 is 2.52 bits per heavy atom. The fourth-order valence-electron chi connectivity index (χ4n) is 2.04. The third kappa shape index (κ3) is 3.79. The van der Waals surface area contributed by atoms with Gasteiger partial charge in [0.05, 0.1) is 17.4 Å². The number of rotatable bonds is 3. The monoisotopic (exact) mass is 327 g/mol. The Kier molecular flexibility index (Phi) is 5.55. The van der Waals surface area contributed by atoms with Crippen molar-refractivity contribution < 1.29 is 4.79 Å². The first-order valence-electron chi connectivity index (χ1n) is 7.35. The smallest absolute Gasteiger partial charge is 0.198 e. The van der Waals surface area contributed by atoms with Crippen LogP contribution in [0.2, 0.25) is 5.02 Å². The number of benzene rings is 2. The highest BCUT2D eigenvalue weighted by Gasteiger charge is 2.15. The quantitative estimate of drug-likeness (QED) is 0.574. The van der Waals surface area contributed by atoms with E-state index in [2.05, 4.69) is 5.10 Å². The summed E-state index contributed by atoms with van der Waals surface area (Å²) in [7, 11) is 0. The average Bonchev–Trinajstić information content (AvgIpc) is 3.09. The van der Waals surface area contributed by atoms with Crippen molar-refractivity contribution in [3.05, 3.63) is 77.1 Å². The van der Waals surface area contributed by atoms with Crippen LogP contribution in [0.1, 0.15) is 29.8 Å². The highest BCUT2D eigenvalue weighted by atomic mass is 35.5. The molecule has 4 nitrogen and oxygen atoms in total. The maximum absolute atomic E-state index is 12.5. The Bertz CT molecular complexity index is 797. The molecule has 0 aliphatic heterocycles. The Labute approximate surface area is 140 Å². The SMILES string of the molecule is CC.Nc1ccc(Cl)cc1C(=O)c1cnn(-c2ccccc2)c1. The van der Waals surface area contributed by atoms with Crippen molar-refractivity contribution >= 4 is 23.1 Å². The summed E-state index contributed by atoms with van der Waals surface area (Å²) in [6.45, 7) is 4.00. The molecular weight excluding hydrogens is 310 g/mol. The van der Waals surface area contributed by atoms with Crippen LogP contribution in [0.25, 0.3) is 5.69 Å². The molecule has 0 atom stereocenters. The molecule has 0 fully saturated rings. The van der Waals surface area contributed by atoms with Crippen LogP contribution in [0, 0.1) is 0 Å². The van der Waals surface area contributed by atoms with Crippen LogP contribution in [0.5, 0.6) is 0 Å². The van der Waals surface area contributed by atoms with Crippen molar-refractivity contribution in [2.24, 2.45) is 0 Å². The normalized spacial score (nSPS) is 9.87. The maximum atomic E-state index is 12.5. The van der Waals surface area contributed by atoms with Crippen molar-refractivity contribution in [3.8, 4) is 5.69 Å². The average molecular weight is 328 g/mol. The summed E-state index contributed by atoms with van der Waals surface area (Å²) in [6, 6.07) is 14.4. The third-order valence-corrected chi connectivity index (χ3v) is 3.36. The molecule has 0 aliphatic carbocycles. The number of hydrogen-bond donors (Lipinski definition) is 1. The van der Waals surface area contributed by atoms with Gasteiger partial charge >= 0.3 is 0 Å². The van der Waals surface area contributed by atoms with Crippen LogP contribution in [-0.2, 0) is 0 Å². The van der Waals surface area contributed by atoms with Crippen molar-refractivity contribution in [2.75, 3.05) is 5.73 Å². The first kappa shape index (κ1) is 16.8. The summed E-state index contributed by atoms with van der Waals surface area (Å²) < 4.78 is 1.65. The Morgan fingerprint density at radius 1 is 1.13 bits per heavy atom. The molecule has 0 radical (unpaired) electrons. The molecule has 0 unspecified atom stereocenters. The van der Waals surface area contributed by atoms with Crippen molar-refractivity contribution in [1.82, 2.24) is 9.78 Å². The lowest BCUT2D eigenvalue weighted by Crippen LogP contribution is -2.04. The summed E-state index contributed by atoms with van der Waals surface area (Å²) in [6.07, 6.45) is 3.20. The second-order valence-corrected chi connectivity index (χ2v) is 5.01. The zero-order chi connectivity index (χ0) is 16.8. The number of aromatic nitrogens is 2. The topological polar surface area (TPSA) is 60.9 Å². The van der Waals surface area contributed by atoms with E-state index in [-0.39, 0.29) is 5.78 Å². The summed E-state index contributed by atoms with van der Waals surface area (Å²) in [4.78, 5) is 12.5. The molecule has 23 heavy (non-hydrogen) atoms. The molecular formula is C18H18ClN3O. The molecule has 0 saturated heterocycles. The molecule has 3 aromatic rings. The Hall–Kier alpha value is -2.59. The van der Waals surface area contributed by atoms with Crippen LogP contribution in [0.4, 0.5) is 5.69 Å². The van der Waals surface area contributed by atoms with Gasteiger partial charge in [0.15, 0.2) is 5.78 Å². The van der Waals surface area contributed by atoms with Crippen molar-refractivity contribution in [2.45, 2.75) is 13.8 Å². The van der Waals surface area contributed by atoms with Gasteiger partial charge in [0, 0.05) is 22.5 Å². The lowest BCUT2D eigenvalue weighted by molar-refractivity contribution is 0.103. The molecule has 3 rings (SSSR count). The van der Waals surface area contributed by atoms with Gasteiger partial charge in [0.2, 0.25) is 0 Å². The van der Waals surface area contributed by atoms with Crippen LogP contribution in [0.15, 0.2) is 60.9 Å². The van der Waals surface area contributed by atoms with Crippen LogP contribution >= 0.6 is 11.6 Å². The predicted molar refractivity (Wildman–Crippen MR) is 94.2 cm³/mol. The van der Waals surface area contributed by atoms with E-state index < -0.39 is 0 Å². The Morgan fingerprint density at radius 2 is 1.83 bits per heavy atom. The molecule has 0 saturated carbocycles. The molecule has 118 valence electrons. The number of nitrogens with two attached hydrogens (primary N) is 1. The molecule has 0 bridgehead atoms. The lowest BCUT2D eigenvalue weighted by atomic mass is 10.0. The van der Waals surface area contributed by atoms with Gasteiger partial charge in [-0.3, -0.25) is 4.79 Å². The van der Waals surface area contributed by atoms with E-state index in [9.17, 15) is 4.79 Å². The number of nitrogens with zero attached hydrogens (tertiary/aromatic N) is 2. The number of para-hydroxylation sites is 1. The van der Waals surface area contributed by atoms with Crippen LogP contribution in [-0.4, -0.2) is 15.6 Å². The van der Waals surface area contributed by atoms with Gasteiger partial charge in [-0.2, -0.15) is 5.10 Å². The number of carbonyl (C=O) groups excluding carboxylic acids is 1. The van der Waals surface area contributed by atoms with E-state index in [4.69, 9.17) is 17.3 Å². The van der Waals surface area contributed by atoms with E-state index in [1.165, 1.54) is 6.20 Å². The Balaban J connectivity index is 0.000000924. The molecule has 5 heteroatoms. The fraction of sp³-hybridized carbons (Fsp3) is 0.111. The van der Waals surface area contributed by atoms with Crippen molar-refractivity contribution in [3.63, 3.8) is 0 Å². The molecule has 1 aromatic heterocycles. The van der Waals surface area contributed by atoms with Gasteiger partial charge in [0.25, 0.3) is 0 Å². The van der Waals surface area contributed by atoms with Crippen molar-refractivity contribution in [1.29, 1.82) is 0 Å². The first-order chi connectivity index (χ1) is 11.1. The van der Waals surface area contributed by atoms with Crippen LogP contribution < -0.4 is 5.73 Å². The lowest BCUT2D eigenvalue weighted by Gasteiger charge is -2.03. The van der Waals surface area contributed by atoms with E-state index in [0.29, 0.717) is 21.8 Å².